The summed E-state index contributed by atoms with van der Waals surface area (Å²) < 4.78 is 6.63. The monoisotopic (exact) mass is 313 g/mol. The maximum Gasteiger partial charge on any atom is 0.245 e. The Hall–Kier alpha value is -1.37. The van der Waals surface area contributed by atoms with Crippen molar-refractivity contribution < 1.29 is 4.74 Å². The van der Waals surface area contributed by atoms with Gasteiger partial charge in [-0.15, -0.1) is 0 Å². The minimum absolute atomic E-state index is 0.381. The Labute approximate surface area is 101 Å². The predicted molar refractivity (Wildman–Crippen MR) is 65.7 cm³/mol. The van der Waals surface area contributed by atoms with Crippen molar-refractivity contribution in [2.75, 3.05) is 5.73 Å². The normalized spacial score (nSPS) is 9.93. The molecular weight excluding hydrogens is 305 g/mol. The Balaban J connectivity index is 2.22. The molecule has 0 fully saturated rings. The van der Waals surface area contributed by atoms with Gasteiger partial charge in [-0.3, -0.25) is 0 Å². The van der Waals surface area contributed by atoms with Gasteiger partial charge in [-0.1, -0.05) is 0 Å². The van der Waals surface area contributed by atoms with E-state index in [9.17, 15) is 0 Å². The van der Waals surface area contributed by atoms with Gasteiger partial charge < -0.3 is 10.5 Å². The van der Waals surface area contributed by atoms with Crippen molar-refractivity contribution >= 4 is 28.3 Å². The van der Waals surface area contributed by atoms with E-state index in [4.69, 9.17) is 10.5 Å². The van der Waals surface area contributed by atoms with Crippen molar-refractivity contribution in [2.24, 2.45) is 0 Å². The van der Waals surface area contributed by atoms with Crippen LogP contribution in [0.15, 0.2) is 36.8 Å². The first-order valence-electron chi connectivity index (χ1n) is 4.24. The smallest absolute Gasteiger partial charge is 0.245 e. The molecule has 1 aromatic carbocycles. The molecule has 0 aliphatic heterocycles. The number of anilines is 1. The molecule has 0 aliphatic rings. The lowest BCUT2D eigenvalue weighted by atomic mass is 10.3. The summed E-state index contributed by atoms with van der Waals surface area (Å²) >= 11 is 2.23. The van der Waals surface area contributed by atoms with Crippen LogP contribution >= 0.6 is 22.6 Å². The summed E-state index contributed by atoms with van der Waals surface area (Å²) in [5.41, 5.74) is 6.07. The van der Waals surface area contributed by atoms with Crippen LogP contribution in [-0.2, 0) is 0 Å². The van der Waals surface area contributed by atoms with Gasteiger partial charge in [0, 0.05) is 3.57 Å². The SMILES string of the molecule is Nc1cncnc1Oc1ccc(I)cc1. The maximum absolute atomic E-state index is 5.65. The lowest BCUT2D eigenvalue weighted by Gasteiger charge is -2.05. The summed E-state index contributed by atoms with van der Waals surface area (Å²) in [6.07, 6.45) is 2.91. The average Bonchev–Trinajstić information content (AvgIpc) is 2.25. The minimum Gasteiger partial charge on any atom is -0.437 e. The highest BCUT2D eigenvalue weighted by Gasteiger charge is 2.02. The highest BCUT2D eigenvalue weighted by atomic mass is 127. The zero-order valence-corrected chi connectivity index (χ0v) is 9.88. The number of benzene rings is 1. The third-order valence-corrected chi connectivity index (χ3v) is 2.45. The quantitative estimate of drug-likeness (QED) is 0.865. The molecule has 76 valence electrons. The zero-order chi connectivity index (χ0) is 10.7. The van der Waals surface area contributed by atoms with Crippen molar-refractivity contribution in [3.8, 4) is 11.6 Å². The van der Waals surface area contributed by atoms with E-state index in [1.54, 1.807) is 0 Å². The number of nitrogens with zero attached hydrogens (tertiary/aromatic N) is 2. The molecule has 2 rings (SSSR count). The van der Waals surface area contributed by atoms with Gasteiger partial charge in [0.2, 0.25) is 5.88 Å². The number of halogens is 1. The van der Waals surface area contributed by atoms with Gasteiger partial charge in [0.15, 0.2) is 0 Å². The van der Waals surface area contributed by atoms with E-state index in [0.29, 0.717) is 17.3 Å². The Morgan fingerprint density at radius 3 is 2.60 bits per heavy atom. The number of hydrogen-bond acceptors (Lipinski definition) is 4. The van der Waals surface area contributed by atoms with Crippen molar-refractivity contribution in [1.82, 2.24) is 9.97 Å². The van der Waals surface area contributed by atoms with Gasteiger partial charge in [-0.05, 0) is 46.9 Å². The first-order valence-corrected chi connectivity index (χ1v) is 5.32. The molecule has 0 radical (unpaired) electrons. The van der Waals surface area contributed by atoms with Crippen LogP contribution in [0.4, 0.5) is 5.69 Å². The van der Waals surface area contributed by atoms with Crippen LogP contribution < -0.4 is 10.5 Å². The lowest BCUT2D eigenvalue weighted by molar-refractivity contribution is 0.464. The second-order valence-corrected chi connectivity index (χ2v) is 4.08. The van der Waals surface area contributed by atoms with Crippen LogP contribution in [-0.4, -0.2) is 9.97 Å². The van der Waals surface area contributed by atoms with Gasteiger partial charge in [0.05, 0.1) is 6.20 Å². The molecule has 0 bridgehead atoms. The molecule has 1 heterocycles. The fraction of sp³-hybridized carbons (Fsp3) is 0. The minimum atomic E-state index is 0.381. The third kappa shape index (κ3) is 2.56. The fourth-order valence-electron chi connectivity index (χ4n) is 1.03. The summed E-state index contributed by atoms with van der Waals surface area (Å²) in [6.45, 7) is 0. The van der Waals surface area contributed by atoms with Crippen molar-refractivity contribution in [3.63, 3.8) is 0 Å². The molecule has 0 aliphatic carbocycles. The third-order valence-electron chi connectivity index (χ3n) is 1.73. The van der Waals surface area contributed by atoms with E-state index in [1.807, 2.05) is 24.3 Å². The van der Waals surface area contributed by atoms with E-state index in [-0.39, 0.29) is 0 Å². The van der Waals surface area contributed by atoms with Crippen molar-refractivity contribution in [2.45, 2.75) is 0 Å². The molecule has 1 aromatic heterocycles. The average molecular weight is 313 g/mol. The predicted octanol–water partition coefficient (Wildman–Crippen LogP) is 2.46. The van der Waals surface area contributed by atoms with Crippen molar-refractivity contribution in [1.29, 1.82) is 0 Å². The largest absolute Gasteiger partial charge is 0.437 e. The molecule has 0 spiro atoms. The first kappa shape index (κ1) is 10.2. The van der Waals surface area contributed by atoms with E-state index < -0.39 is 0 Å². The second-order valence-electron chi connectivity index (χ2n) is 2.84. The molecule has 2 N–H and O–H groups in total. The van der Waals surface area contributed by atoms with Gasteiger partial charge in [-0.2, -0.15) is 4.98 Å². The standard InChI is InChI=1S/C10H8IN3O/c11-7-1-3-8(4-2-7)15-10-9(12)5-13-6-14-10/h1-6H,12H2. The van der Waals surface area contributed by atoms with Gasteiger partial charge in [0.25, 0.3) is 0 Å². The van der Waals surface area contributed by atoms with Crippen LogP contribution in [0, 0.1) is 3.57 Å². The number of nitrogens with two attached hydrogens (primary N) is 1. The first-order chi connectivity index (χ1) is 7.25. The molecule has 15 heavy (non-hydrogen) atoms. The van der Waals surface area contributed by atoms with Crippen LogP contribution in [0.2, 0.25) is 0 Å². The summed E-state index contributed by atoms with van der Waals surface area (Å²) in [7, 11) is 0. The molecule has 5 heteroatoms. The van der Waals surface area contributed by atoms with Gasteiger partial charge in [-0.25, -0.2) is 4.98 Å². The van der Waals surface area contributed by atoms with E-state index in [1.165, 1.54) is 12.5 Å². The Morgan fingerprint density at radius 1 is 1.20 bits per heavy atom. The number of rotatable bonds is 2. The maximum atomic E-state index is 5.65. The van der Waals surface area contributed by atoms with Gasteiger partial charge in [0.1, 0.15) is 17.8 Å². The summed E-state index contributed by atoms with van der Waals surface area (Å²) in [6, 6.07) is 7.63. The van der Waals surface area contributed by atoms with Crippen LogP contribution in [0.25, 0.3) is 0 Å². The number of hydrogen-bond donors (Lipinski definition) is 1. The van der Waals surface area contributed by atoms with E-state index in [2.05, 4.69) is 32.6 Å². The lowest BCUT2D eigenvalue weighted by Crippen LogP contribution is -1.95. The summed E-state index contributed by atoms with van der Waals surface area (Å²) in [4.78, 5) is 7.72. The number of ether oxygens (including phenoxy) is 1. The van der Waals surface area contributed by atoms with Crippen molar-refractivity contribution in [3.05, 3.63) is 40.4 Å². The molecule has 0 unspecified atom stereocenters. The zero-order valence-electron chi connectivity index (χ0n) is 7.72. The van der Waals surface area contributed by atoms with Crippen LogP contribution in [0.1, 0.15) is 0 Å². The Bertz CT molecular complexity index is 458. The molecule has 0 amide bonds. The second kappa shape index (κ2) is 4.43. The Morgan fingerprint density at radius 2 is 1.93 bits per heavy atom. The molecule has 0 saturated carbocycles. The van der Waals surface area contributed by atoms with Gasteiger partial charge >= 0.3 is 0 Å². The topological polar surface area (TPSA) is 61.0 Å². The number of aromatic nitrogens is 2. The van der Waals surface area contributed by atoms with Crippen LogP contribution in [0.5, 0.6) is 11.6 Å². The molecular formula is C10H8IN3O. The summed E-state index contributed by atoms with van der Waals surface area (Å²) in [5, 5.41) is 0. The highest BCUT2D eigenvalue weighted by Crippen LogP contribution is 2.23. The molecule has 0 saturated heterocycles. The summed E-state index contributed by atoms with van der Waals surface area (Å²) in [5.74, 6) is 1.09. The fourth-order valence-corrected chi connectivity index (χ4v) is 1.39. The Kier molecular flexibility index (Phi) is 3.00. The molecule has 0 atom stereocenters. The van der Waals surface area contributed by atoms with E-state index >= 15 is 0 Å². The number of nitrogen functional groups attached to an aromatic ring is 1. The highest BCUT2D eigenvalue weighted by molar-refractivity contribution is 14.1. The molecule has 4 nitrogen and oxygen atoms in total. The van der Waals surface area contributed by atoms with Crippen LogP contribution in [0.3, 0.4) is 0 Å². The van der Waals surface area contributed by atoms with E-state index in [0.717, 1.165) is 3.57 Å². The molecule has 2 aromatic rings.